The normalized spacial score (nSPS) is 12.4. The van der Waals surface area contributed by atoms with Crippen LogP contribution in [0.4, 0.5) is 16.2 Å². The molecule has 0 aromatic heterocycles. The first-order chi connectivity index (χ1) is 17.2. The monoisotopic (exact) mass is 535 g/mol. The number of hydrogen-bond donors (Lipinski definition) is 5. The van der Waals surface area contributed by atoms with Crippen molar-refractivity contribution in [2.24, 2.45) is 4.99 Å². The molecule has 0 fully saturated rings. The van der Waals surface area contributed by atoms with Gasteiger partial charge in [0.1, 0.15) is 5.84 Å². The lowest BCUT2D eigenvalue weighted by molar-refractivity contribution is -0.134. The first-order valence-corrected chi connectivity index (χ1v) is 11.6. The Morgan fingerprint density at radius 3 is 2.22 bits per heavy atom. The lowest BCUT2D eigenvalue weighted by atomic mass is 10.2. The molecule has 36 heavy (non-hydrogen) atoms. The van der Waals surface area contributed by atoms with Gasteiger partial charge in [-0.2, -0.15) is 0 Å². The highest BCUT2D eigenvalue weighted by molar-refractivity contribution is 6.39. The van der Waals surface area contributed by atoms with Gasteiger partial charge in [-0.25, -0.2) is 14.4 Å². The molecule has 1 heterocycles. The Labute approximate surface area is 218 Å². The molecule has 0 aliphatic carbocycles. The minimum atomic E-state index is -1.26. The zero-order valence-corrected chi connectivity index (χ0v) is 21.0. The molecule has 0 unspecified atom stereocenters. The number of rotatable bonds is 9. The zero-order chi connectivity index (χ0) is 26.5. The van der Waals surface area contributed by atoms with Crippen molar-refractivity contribution in [3.63, 3.8) is 0 Å². The Bertz CT molecular complexity index is 1090. The van der Waals surface area contributed by atoms with Gasteiger partial charge in [0.2, 0.25) is 0 Å². The van der Waals surface area contributed by atoms with E-state index in [1.54, 1.807) is 12.1 Å². The molecule has 2 amide bonds. The van der Waals surface area contributed by atoms with Crippen molar-refractivity contribution in [2.75, 3.05) is 43.4 Å². The number of urea groups is 1. The van der Waals surface area contributed by atoms with Crippen LogP contribution in [-0.4, -0.2) is 71.6 Å². The molecule has 192 valence electrons. The number of amidine groups is 1. The molecule has 3 rings (SSSR count). The van der Waals surface area contributed by atoms with E-state index in [1.165, 1.54) is 0 Å². The van der Waals surface area contributed by atoms with E-state index in [-0.39, 0.29) is 6.03 Å². The van der Waals surface area contributed by atoms with Crippen molar-refractivity contribution < 1.29 is 24.6 Å². The van der Waals surface area contributed by atoms with Crippen molar-refractivity contribution >= 4 is 58.4 Å². The molecule has 2 aromatic carbocycles. The van der Waals surface area contributed by atoms with Gasteiger partial charge in [0.05, 0.1) is 28.8 Å². The Kier molecular flexibility index (Phi) is 11.5. The SMILES string of the molecule is Cc1ccc(NC(=O)NCCN2CCN=C2CNc2c(Cl)cccc2Cl)cc1.O=C(O)C=CC(=O)O. The topological polar surface area (TPSA) is 143 Å². The molecular weight excluding hydrogens is 509 g/mol. The number of carbonyl (C=O) groups excluding carboxylic acids is 1. The van der Waals surface area contributed by atoms with E-state index in [1.807, 2.05) is 37.3 Å². The highest BCUT2D eigenvalue weighted by Crippen LogP contribution is 2.29. The summed E-state index contributed by atoms with van der Waals surface area (Å²) in [5, 5.41) is 25.7. The number of carbonyl (C=O) groups is 3. The van der Waals surface area contributed by atoms with Crippen LogP contribution >= 0.6 is 23.2 Å². The third-order valence-electron chi connectivity index (χ3n) is 4.76. The summed E-state index contributed by atoms with van der Waals surface area (Å²) in [6.45, 7) is 5.30. The molecule has 12 heteroatoms. The Balaban J connectivity index is 0.000000493. The van der Waals surface area contributed by atoms with E-state index >= 15 is 0 Å². The largest absolute Gasteiger partial charge is 0.478 e. The predicted octanol–water partition coefficient (Wildman–Crippen LogP) is 3.96. The average Bonchev–Trinajstić information content (AvgIpc) is 3.26. The van der Waals surface area contributed by atoms with Crippen molar-refractivity contribution in [2.45, 2.75) is 6.92 Å². The Morgan fingerprint density at radius 1 is 1.03 bits per heavy atom. The molecular formula is C24H27Cl2N5O5. The number of nitrogens with zero attached hydrogens (tertiary/aromatic N) is 2. The van der Waals surface area contributed by atoms with Gasteiger partial charge in [-0.15, -0.1) is 0 Å². The smallest absolute Gasteiger partial charge is 0.328 e. The van der Waals surface area contributed by atoms with E-state index in [0.29, 0.717) is 47.5 Å². The molecule has 1 aliphatic heterocycles. The minimum Gasteiger partial charge on any atom is -0.478 e. The number of benzene rings is 2. The third kappa shape index (κ3) is 10.2. The van der Waals surface area contributed by atoms with Crippen molar-refractivity contribution in [1.82, 2.24) is 10.2 Å². The van der Waals surface area contributed by atoms with E-state index < -0.39 is 11.9 Å². The summed E-state index contributed by atoms with van der Waals surface area (Å²) in [5.41, 5.74) is 2.63. The fourth-order valence-electron chi connectivity index (χ4n) is 3.03. The van der Waals surface area contributed by atoms with E-state index in [4.69, 9.17) is 33.4 Å². The number of aryl methyl sites for hydroxylation is 1. The van der Waals surface area contributed by atoms with Crippen molar-refractivity contribution in [3.05, 3.63) is 70.2 Å². The molecule has 10 nitrogen and oxygen atoms in total. The lowest BCUT2D eigenvalue weighted by Gasteiger charge is -2.21. The molecule has 0 radical (unpaired) electrons. The fourth-order valence-corrected chi connectivity index (χ4v) is 3.56. The van der Waals surface area contributed by atoms with E-state index in [9.17, 15) is 14.4 Å². The van der Waals surface area contributed by atoms with Gasteiger partial charge in [0.15, 0.2) is 0 Å². The third-order valence-corrected chi connectivity index (χ3v) is 5.39. The predicted molar refractivity (Wildman–Crippen MR) is 141 cm³/mol. The second-order valence-corrected chi connectivity index (χ2v) is 8.31. The van der Waals surface area contributed by atoms with Crippen molar-refractivity contribution in [3.8, 4) is 0 Å². The van der Waals surface area contributed by atoms with Crippen molar-refractivity contribution in [1.29, 1.82) is 0 Å². The number of nitrogens with one attached hydrogen (secondary N) is 3. The second kappa shape index (κ2) is 14.6. The van der Waals surface area contributed by atoms with Crippen LogP contribution in [0.5, 0.6) is 0 Å². The molecule has 5 N–H and O–H groups in total. The molecule has 1 aliphatic rings. The number of carboxylic acids is 2. The maximum atomic E-state index is 12.0. The standard InChI is InChI=1S/C20H23Cl2N5O.C4H4O4/c1-14-5-7-15(8-6-14)26-20(28)24-10-12-27-11-9-23-18(27)13-25-19-16(21)3-2-4-17(19)22;5-3(6)1-2-4(7)8/h2-8,25H,9-13H2,1H3,(H2,24,26,28);1-2H,(H,5,6)(H,7,8). The molecule has 0 spiro atoms. The van der Waals surface area contributed by atoms with Crippen LogP contribution in [0, 0.1) is 6.92 Å². The number of aliphatic carboxylic acids is 2. The van der Waals surface area contributed by atoms with Gasteiger partial charge in [-0.1, -0.05) is 47.0 Å². The fraction of sp³-hybridized carbons (Fsp3) is 0.250. The highest BCUT2D eigenvalue weighted by atomic mass is 35.5. The first kappa shape index (κ1) is 28.5. The van der Waals surface area contributed by atoms with Crippen LogP contribution in [0.2, 0.25) is 10.0 Å². The number of hydrogen-bond acceptors (Lipinski definition) is 6. The number of carboxylic acid groups (broad SMARTS) is 2. The zero-order valence-electron chi connectivity index (χ0n) is 19.5. The highest BCUT2D eigenvalue weighted by Gasteiger charge is 2.17. The Morgan fingerprint density at radius 2 is 1.64 bits per heavy atom. The second-order valence-electron chi connectivity index (χ2n) is 7.49. The maximum Gasteiger partial charge on any atom is 0.328 e. The number of halogens is 2. The van der Waals surface area contributed by atoms with Gasteiger partial charge in [0, 0.05) is 37.5 Å². The summed E-state index contributed by atoms with van der Waals surface area (Å²) in [6, 6.07) is 12.9. The van der Waals surface area contributed by atoms with Gasteiger partial charge in [0.25, 0.3) is 0 Å². The minimum absolute atomic E-state index is 0.220. The van der Waals surface area contributed by atoms with Crippen LogP contribution < -0.4 is 16.0 Å². The van der Waals surface area contributed by atoms with Gasteiger partial charge in [-0.3, -0.25) is 4.99 Å². The summed E-state index contributed by atoms with van der Waals surface area (Å²) in [5.74, 6) is -1.59. The Hall–Kier alpha value is -3.76. The van der Waals surface area contributed by atoms with Crippen LogP contribution in [-0.2, 0) is 9.59 Å². The molecule has 2 aromatic rings. The summed E-state index contributed by atoms with van der Waals surface area (Å²) < 4.78 is 0. The quantitative estimate of drug-likeness (QED) is 0.305. The van der Waals surface area contributed by atoms with Gasteiger partial charge in [-0.05, 0) is 31.2 Å². The van der Waals surface area contributed by atoms with E-state index in [0.717, 1.165) is 30.2 Å². The molecule has 0 saturated heterocycles. The number of para-hydroxylation sites is 1. The van der Waals surface area contributed by atoms with Gasteiger partial charge < -0.3 is 31.1 Å². The molecule has 0 bridgehead atoms. The number of amides is 2. The molecule has 0 atom stereocenters. The average molecular weight is 536 g/mol. The summed E-state index contributed by atoms with van der Waals surface area (Å²) in [7, 11) is 0. The van der Waals surface area contributed by atoms with E-state index in [2.05, 4.69) is 25.8 Å². The summed E-state index contributed by atoms with van der Waals surface area (Å²) in [4.78, 5) is 37.8. The van der Waals surface area contributed by atoms with Crippen LogP contribution in [0.3, 0.4) is 0 Å². The summed E-state index contributed by atoms with van der Waals surface area (Å²) in [6.07, 6.45) is 1.12. The van der Waals surface area contributed by atoms with Crippen LogP contribution in [0.25, 0.3) is 0 Å². The lowest BCUT2D eigenvalue weighted by Crippen LogP contribution is -2.40. The van der Waals surface area contributed by atoms with Crippen LogP contribution in [0.15, 0.2) is 59.6 Å². The molecule has 0 saturated carbocycles. The summed E-state index contributed by atoms with van der Waals surface area (Å²) >= 11 is 12.4. The number of anilines is 2. The number of aliphatic imine (C=N–C) groups is 1. The van der Waals surface area contributed by atoms with Gasteiger partial charge >= 0.3 is 18.0 Å². The first-order valence-electron chi connectivity index (χ1n) is 10.9. The maximum absolute atomic E-state index is 12.0. The van der Waals surface area contributed by atoms with Crippen LogP contribution in [0.1, 0.15) is 5.56 Å².